The number of allylic oxidation sites excluding steroid dienone is 1. The molecule has 0 saturated heterocycles. The highest BCUT2D eigenvalue weighted by molar-refractivity contribution is 5.86. The van der Waals surface area contributed by atoms with E-state index in [1.165, 1.54) is 5.57 Å². The largest absolute Gasteiger partial charge is 0.496 e. The third kappa shape index (κ3) is 1.48. The standard InChI is InChI=1S/C11H12N2O/c1-14-11-6-9(12)2-3-10(11)8-4-5-13-7-8/h2-3,5-7H,4,12H2,1H3. The van der Waals surface area contributed by atoms with Crippen LogP contribution in [0.1, 0.15) is 12.0 Å². The molecule has 0 amide bonds. The van der Waals surface area contributed by atoms with Gasteiger partial charge >= 0.3 is 0 Å². The lowest BCUT2D eigenvalue weighted by atomic mass is 10.0. The van der Waals surface area contributed by atoms with Gasteiger partial charge in [0.15, 0.2) is 0 Å². The highest BCUT2D eigenvalue weighted by atomic mass is 16.5. The zero-order chi connectivity index (χ0) is 9.97. The van der Waals surface area contributed by atoms with Gasteiger partial charge in [-0.3, -0.25) is 4.99 Å². The molecule has 0 radical (unpaired) electrons. The Kier molecular flexibility index (Phi) is 2.23. The van der Waals surface area contributed by atoms with Gasteiger partial charge < -0.3 is 10.5 Å². The second kappa shape index (κ2) is 3.54. The molecule has 2 N–H and O–H groups in total. The zero-order valence-corrected chi connectivity index (χ0v) is 8.03. The van der Waals surface area contributed by atoms with Crippen molar-refractivity contribution in [2.24, 2.45) is 4.99 Å². The van der Waals surface area contributed by atoms with E-state index >= 15 is 0 Å². The average Bonchev–Trinajstić information content (AvgIpc) is 2.70. The number of nitrogens with two attached hydrogens (primary N) is 1. The summed E-state index contributed by atoms with van der Waals surface area (Å²) in [6, 6.07) is 5.67. The molecular weight excluding hydrogens is 176 g/mol. The van der Waals surface area contributed by atoms with E-state index in [0.717, 1.165) is 17.7 Å². The molecule has 1 aromatic rings. The summed E-state index contributed by atoms with van der Waals surface area (Å²) in [4.78, 5) is 4.07. The molecule has 14 heavy (non-hydrogen) atoms. The third-order valence-corrected chi connectivity index (χ3v) is 2.22. The molecule has 0 bridgehead atoms. The maximum atomic E-state index is 5.67. The van der Waals surface area contributed by atoms with Crippen molar-refractivity contribution >= 4 is 17.5 Å². The lowest BCUT2D eigenvalue weighted by Crippen LogP contribution is -1.93. The summed E-state index contributed by atoms with van der Waals surface area (Å²) in [6.07, 6.45) is 4.60. The second-order valence-electron chi connectivity index (χ2n) is 3.15. The zero-order valence-electron chi connectivity index (χ0n) is 8.03. The van der Waals surface area contributed by atoms with Gasteiger partial charge in [0.1, 0.15) is 5.75 Å². The summed E-state index contributed by atoms with van der Waals surface area (Å²) in [5.41, 5.74) is 8.62. The highest BCUT2D eigenvalue weighted by Gasteiger charge is 2.09. The van der Waals surface area contributed by atoms with Crippen molar-refractivity contribution < 1.29 is 4.74 Å². The highest BCUT2D eigenvalue weighted by Crippen LogP contribution is 2.31. The number of hydrogen-bond acceptors (Lipinski definition) is 3. The predicted octanol–water partition coefficient (Wildman–Crippen LogP) is 2.09. The predicted molar refractivity (Wildman–Crippen MR) is 58.5 cm³/mol. The van der Waals surface area contributed by atoms with Gasteiger partial charge in [-0.25, -0.2) is 0 Å². The summed E-state index contributed by atoms with van der Waals surface area (Å²) in [5, 5.41) is 0. The van der Waals surface area contributed by atoms with Crippen molar-refractivity contribution in [1.82, 2.24) is 0 Å². The first kappa shape index (κ1) is 8.81. The molecule has 0 aromatic heterocycles. The Morgan fingerprint density at radius 3 is 2.93 bits per heavy atom. The van der Waals surface area contributed by atoms with Gasteiger partial charge in [-0.05, 0) is 17.7 Å². The molecule has 0 aliphatic carbocycles. The molecule has 3 heteroatoms. The molecule has 0 spiro atoms. The van der Waals surface area contributed by atoms with E-state index in [4.69, 9.17) is 10.5 Å². The van der Waals surface area contributed by atoms with Gasteiger partial charge in [0.2, 0.25) is 0 Å². The van der Waals surface area contributed by atoms with Crippen LogP contribution in [0.5, 0.6) is 5.75 Å². The van der Waals surface area contributed by atoms with Crippen LogP contribution in [0.2, 0.25) is 0 Å². The minimum absolute atomic E-state index is 0.713. The quantitative estimate of drug-likeness (QED) is 0.722. The maximum Gasteiger partial charge on any atom is 0.128 e. The SMILES string of the molecule is COc1cc(N)ccc1C1=CN=CC1. The van der Waals surface area contributed by atoms with Gasteiger partial charge in [-0.1, -0.05) is 0 Å². The molecular formula is C11H12N2O. The Morgan fingerprint density at radius 1 is 1.43 bits per heavy atom. The van der Waals surface area contributed by atoms with Crippen molar-refractivity contribution in [2.45, 2.75) is 6.42 Å². The summed E-state index contributed by atoms with van der Waals surface area (Å²) in [6.45, 7) is 0. The number of rotatable bonds is 2. The number of nitrogen functional groups attached to an aromatic ring is 1. The van der Waals surface area contributed by atoms with Crippen molar-refractivity contribution in [3.63, 3.8) is 0 Å². The van der Waals surface area contributed by atoms with Crippen molar-refractivity contribution in [3.05, 3.63) is 30.0 Å². The average molecular weight is 188 g/mol. The van der Waals surface area contributed by atoms with Crippen LogP contribution in [0.4, 0.5) is 5.69 Å². The van der Waals surface area contributed by atoms with E-state index in [0.29, 0.717) is 5.69 Å². The number of hydrogen-bond donors (Lipinski definition) is 1. The molecule has 0 atom stereocenters. The fourth-order valence-electron chi connectivity index (χ4n) is 1.50. The van der Waals surface area contributed by atoms with E-state index in [1.54, 1.807) is 7.11 Å². The van der Waals surface area contributed by atoms with Crippen LogP contribution in [0, 0.1) is 0 Å². The number of benzene rings is 1. The van der Waals surface area contributed by atoms with Gasteiger partial charge in [0.25, 0.3) is 0 Å². The van der Waals surface area contributed by atoms with Crippen LogP contribution >= 0.6 is 0 Å². The summed E-state index contributed by atoms with van der Waals surface area (Å²) in [7, 11) is 1.65. The number of nitrogens with zero attached hydrogens (tertiary/aromatic N) is 1. The first-order chi connectivity index (χ1) is 6.81. The summed E-state index contributed by atoms with van der Waals surface area (Å²) >= 11 is 0. The van der Waals surface area contributed by atoms with Crippen LogP contribution in [-0.2, 0) is 0 Å². The molecule has 0 unspecified atom stereocenters. The summed E-state index contributed by atoms with van der Waals surface area (Å²) in [5.74, 6) is 0.807. The Balaban J connectivity index is 2.42. The molecule has 1 aromatic carbocycles. The van der Waals surface area contributed by atoms with Gasteiger partial charge in [-0.2, -0.15) is 0 Å². The van der Waals surface area contributed by atoms with Crippen LogP contribution < -0.4 is 10.5 Å². The smallest absolute Gasteiger partial charge is 0.128 e. The van der Waals surface area contributed by atoms with Crippen molar-refractivity contribution in [2.75, 3.05) is 12.8 Å². The molecule has 1 aliphatic rings. The Morgan fingerprint density at radius 2 is 2.29 bits per heavy atom. The third-order valence-electron chi connectivity index (χ3n) is 2.22. The normalized spacial score (nSPS) is 14.2. The first-order valence-corrected chi connectivity index (χ1v) is 4.46. The lowest BCUT2D eigenvalue weighted by Gasteiger charge is -2.09. The number of methoxy groups -OCH3 is 1. The van der Waals surface area contributed by atoms with E-state index < -0.39 is 0 Å². The van der Waals surface area contributed by atoms with Gasteiger partial charge in [-0.15, -0.1) is 0 Å². The minimum Gasteiger partial charge on any atom is -0.496 e. The van der Waals surface area contributed by atoms with E-state index in [2.05, 4.69) is 4.99 Å². The molecule has 72 valence electrons. The van der Waals surface area contributed by atoms with Crippen LogP contribution in [-0.4, -0.2) is 13.3 Å². The van der Waals surface area contributed by atoms with E-state index in [1.807, 2.05) is 30.6 Å². The maximum absolute atomic E-state index is 5.67. The topological polar surface area (TPSA) is 47.6 Å². The van der Waals surface area contributed by atoms with Gasteiger partial charge in [0, 0.05) is 36.2 Å². The monoisotopic (exact) mass is 188 g/mol. The molecule has 0 saturated carbocycles. The minimum atomic E-state index is 0.713. The number of anilines is 1. The first-order valence-electron chi connectivity index (χ1n) is 4.46. The van der Waals surface area contributed by atoms with Crippen LogP contribution in [0.15, 0.2) is 29.4 Å². The Labute approximate surface area is 82.9 Å². The van der Waals surface area contributed by atoms with Gasteiger partial charge in [0.05, 0.1) is 7.11 Å². The molecule has 3 nitrogen and oxygen atoms in total. The van der Waals surface area contributed by atoms with Crippen molar-refractivity contribution in [1.29, 1.82) is 0 Å². The molecule has 0 fully saturated rings. The molecule has 2 rings (SSSR count). The Bertz CT molecular complexity index is 408. The number of aliphatic imine (C=N–C) groups is 1. The van der Waals surface area contributed by atoms with Crippen molar-refractivity contribution in [3.8, 4) is 5.75 Å². The molecule has 1 aliphatic heterocycles. The van der Waals surface area contributed by atoms with E-state index in [-0.39, 0.29) is 0 Å². The van der Waals surface area contributed by atoms with Crippen LogP contribution in [0.25, 0.3) is 5.57 Å². The number of ether oxygens (including phenoxy) is 1. The Hall–Kier alpha value is -1.77. The lowest BCUT2D eigenvalue weighted by molar-refractivity contribution is 0.413. The van der Waals surface area contributed by atoms with Crippen LogP contribution in [0.3, 0.4) is 0 Å². The molecule has 1 heterocycles. The fraction of sp³-hybridized carbons (Fsp3) is 0.182. The summed E-state index contributed by atoms with van der Waals surface area (Å²) < 4.78 is 5.26. The second-order valence-corrected chi connectivity index (χ2v) is 3.15. The fourth-order valence-corrected chi connectivity index (χ4v) is 1.50. The van der Waals surface area contributed by atoms with E-state index in [9.17, 15) is 0 Å².